The van der Waals surface area contributed by atoms with Crippen LogP contribution >= 0.6 is 0 Å². The summed E-state index contributed by atoms with van der Waals surface area (Å²) in [5.74, 6) is -0.317. The fourth-order valence-electron chi connectivity index (χ4n) is 3.06. The second-order valence-corrected chi connectivity index (χ2v) is 6.94. The van der Waals surface area contributed by atoms with Crippen molar-refractivity contribution in [2.24, 2.45) is 0 Å². The van der Waals surface area contributed by atoms with Gasteiger partial charge in [0.05, 0.1) is 17.6 Å². The highest BCUT2D eigenvalue weighted by atomic mass is 16.2. The van der Waals surface area contributed by atoms with Crippen LogP contribution in [-0.2, 0) is 6.54 Å². The first-order valence-corrected chi connectivity index (χ1v) is 9.40. The number of aromatic nitrogens is 4. The predicted octanol–water partition coefficient (Wildman–Crippen LogP) is 3.73. The first kappa shape index (κ1) is 19.3. The highest BCUT2D eigenvalue weighted by Gasteiger charge is 2.09. The molecule has 0 bridgehead atoms. The molecule has 1 aromatic carbocycles. The van der Waals surface area contributed by atoms with Crippen molar-refractivity contribution in [1.29, 1.82) is 0 Å². The minimum atomic E-state index is -0.288. The fraction of sp³-hybridized carbons (Fsp3) is 0.136. The third kappa shape index (κ3) is 4.17. The normalized spacial score (nSPS) is 10.7. The van der Waals surface area contributed by atoms with E-state index >= 15 is 0 Å². The molecule has 3 aromatic heterocycles. The number of pyridine rings is 1. The third-order valence-corrected chi connectivity index (χ3v) is 4.75. The molecule has 4 aromatic rings. The molecule has 0 spiro atoms. The van der Waals surface area contributed by atoms with Gasteiger partial charge in [0.25, 0.3) is 5.91 Å². The first-order valence-electron chi connectivity index (χ1n) is 9.40. The average molecular weight is 400 g/mol. The molecule has 0 aliphatic rings. The number of nitrogens with zero attached hydrogens (tertiary/aromatic N) is 3. The van der Waals surface area contributed by atoms with E-state index in [1.54, 1.807) is 18.3 Å². The van der Waals surface area contributed by atoms with Crippen molar-refractivity contribution >= 4 is 34.1 Å². The molecule has 0 aliphatic carbocycles. The molecule has 3 heterocycles. The van der Waals surface area contributed by atoms with Crippen molar-refractivity contribution in [3.63, 3.8) is 0 Å². The van der Waals surface area contributed by atoms with Crippen LogP contribution in [0.25, 0.3) is 11.0 Å². The molecule has 8 heteroatoms. The van der Waals surface area contributed by atoms with Gasteiger partial charge >= 0.3 is 0 Å². The molecule has 1 amide bonds. The van der Waals surface area contributed by atoms with Gasteiger partial charge < -0.3 is 15.6 Å². The van der Waals surface area contributed by atoms with Crippen LogP contribution in [0.2, 0.25) is 0 Å². The van der Waals surface area contributed by atoms with E-state index in [1.165, 1.54) is 19.4 Å². The number of Topliss-reactive ketones (excluding diaryl/α,β-unsaturated/α-hetero) is 1. The van der Waals surface area contributed by atoms with Crippen LogP contribution in [0.1, 0.15) is 39.0 Å². The van der Waals surface area contributed by atoms with Gasteiger partial charge in [-0.05, 0) is 48.4 Å². The highest BCUT2D eigenvalue weighted by Crippen LogP contribution is 2.21. The van der Waals surface area contributed by atoms with Gasteiger partial charge in [-0.15, -0.1) is 0 Å². The van der Waals surface area contributed by atoms with E-state index in [-0.39, 0.29) is 11.7 Å². The molecule has 0 radical (unpaired) electrons. The number of aromatic amines is 1. The molecule has 3 N–H and O–H groups in total. The number of carbonyl (C=O) groups excluding carboxylic acids is 2. The summed E-state index contributed by atoms with van der Waals surface area (Å²) in [5, 5.41) is 7.07. The number of fused-ring (bicyclic) bond motifs is 1. The number of anilines is 2. The van der Waals surface area contributed by atoms with E-state index in [4.69, 9.17) is 0 Å². The maximum Gasteiger partial charge on any atom is 0.274 e. The lowest BCUT2D eigenvalue weighted by atomic mass is 10.1. The van der Waals surface area contributed by atoms with E-state index in [1.807, 2.05) is 31.2 Å². The minimum absolute atomic E-state index is 0.0287. The summed E-state index contributed by atoms with van der Waals surface area (Å²) in [5.41, 5.74) is 5.18. The van der Waals surface area contributed by atoms with Crippen LogP contribution in [-0.4, -0.2) is 31.6 Å². The lowest BCUT2D eigenvalue weighted by molar-refractivity contribution is 0.100. The Morgan fingerprint density at radius 3 is 2.70 bits per heavy atom. The first-order chi connectivity index (χ1) is 14.5. The second-order valence-electron chi connectivity index (χ2n) is 6.94. The highest BCUT2D eigenvalue weighted by molar-refractivity contribution is 6.02. The van der Waals surface area contributed by atoms with Gasteiger partial charge in [-0.25, -0.2) is 15.0 Å². The maximum atomic E-state index is 12.3. The van der Waals surface area contributed by atoms with Crippen LogP contribution in [0, 0.1) is 6.92 Å². The number of hydrogen-bond donors (Lipinski definition) is 3. The Balaban J connectivity index is 1.48. The van der Waals surface area contributed by atoms with Gasteiger partial charge in [-0.3, -0.25) is 9.59 Å². The van der Waals surface area contributed by atoms with Gasteiger partial charge in [0.15, 0.2) is 5.78 Å². The Morgan fingerprint density at radius 1 is 1.07 bits per heavy atom. The van der Waals surface area contributed by atoms with E-state index in [0.29, 0.717) is 29.3 Å². The van der Waals surface area contributed by atoms with Gasteiger partial charge in [0, 0.05) is 30.7 Å². The smallest absolute Gasteiger partial charge is 0.274 e. The molecular weight excluding hydrogens is 380 g/mol. The van der Waals surface area contributed by atoms with E-state index in [9.17, 15) is 9.59 Å². The van der Waals surface area contributed by atoms with Gasteiger partial charge in [0.1, 0.15) is 17.7 Å². The molecule has 30 heavy (non-hydrogen) atoms. The number of H-pyrrole nitrogens is 1. The number of rotatable bonds is 6. The van der Waals surface area contributed by atoms with Crippen molar-refractivity contribution < 1.29 is 9.59 Å². The summed E-state index contributed by atoms with van der Waals surface area (Å²) in [6.07, 6.45) is 4.59. The SMILES string of the molecule is CC(=O)c1cc2cc(NCc3cc(NC(=O)c4ccncn4)ccc3C)cnc2[nH]1. The van der Waals surface area contributed by atoms with Crippen molar-refractivity contribution in [3.05, 3.63) is 77.6 Å². The summed E-state index contributed by atoms with van der Waals surface area (Å²) in [6.45, 7) is 4.09. The monoisotopic (exact) mass is 400 g/mol. The number of hydrogen-bond acceptors (Lipinski definition) is 6. The molecule has 0 fully saturated rings. The number of carbonyl (C=O) groups is 2. The van der Waals surface area contributed by atoms with Crippen LogP contribution in [0.15, 0.2) is 55.1 Å². The third-order valence-electron chi connectivity index (χ3n) is 4.75. The molecular formula is C22H20N6O2. The maximum absolute atomic E-state index is 12.3. The summed E-state index contributed by atoms with van der Waals surface area (Å²) in [4.78, 5) is 39.0. The van der Waals surface area contributed by atoms with Crippen molar-refractivity contribution in [2.75, 3.05) is 10.6 Å². The van der Waals surface area contributed by atoms with Crippen LogP contribution in [0.4, 0.5) is 11.4 Å². The summed E-state index contributed by atoms with van der Waals surface area (Å²) >= 11 is 0. The molecule has 0 atom stereocenters. The zero-order valence-corrected chi connectivity index (χ0v) is 16.6. The number of amides is 1. The van der Waals surface area contributed by atoms with Crippen LogP contribution in [0.5, 0.6) is 0 Å². The lowest BCUT2D eigenvalue weighted by Gasteiger charge is -2.12. The standard InChI is InChI=1S/C22H20N6O2/c1-13-3-4-17(27-22(30)19-5-6-23-12-26-19)8-16(13)10-24-18-7-15-9-20(14(2)29)28-21(15)25-11-18/h3-9,11-12,24H,10H2,1-2H3,(H,25,28)(H,27,30). The van der Waals surface area contributed by atoms with Crippen LogP contribution < -0.4 is 10.6 Å². The Kier molecular flexibility index (Phi) is 5.21. The summed E-state index contributed by atoms with van der Waals surface area (Å²) < 4.78 is 0. The largest absolute Gasteiger partial charge is 0.380 e. The van der Waals surface area contributed by atoms with Gasteiger partial charge in [0.2, 0.25) is 0 Å². The molecule has 0 unspecified atom stereocenters. The minimum Gasteiger partial charge on any atom is -0.380 e. The van der Waals surface area contributed by atoms with E-state index in [2.05, 4.69) is 30.6 Å². The summed E-state index contributed by atoms with van der Waals surface area (Å²) in [7, 11) is 0. The number of nitrogens with one attached hydrogen (secondary N) is 3. The predicted molar refractivity (Wildman–Crippen MR) is 115 cm³/mol. The van der Waals surface area contributed by atoms with Gasteiger partial charge in [-0.2, -0.15) is 0 Å². The topological polar surface area (TPSA) is 113 Å². The lowest BCUT2D eigenvalue weighted by Crippen LogP contribution is -2.14. The van der Waals surface area contributed by atoms with E-state index < -0.39 is 0 Å². The van der Waals surface area contributed by atoms with Crippen molar-refractivity contribution in [1.82, 2.24) is 19.9 Å². The zero-order chi connectivity index (χ0) is 21.1. The quantitative estimate of drug-likeness (QED) is 0.425. The molecule has 0 saturated carbocycles. The fourth-order valence-corrected chi connectivity index (χ4v) is 3.06. The van der Waals surface area contributed by atoms with Crippen LogP contribution in [0.3, 0.4) is 0 Å². The summed E-state index contributed by atoms with van der Waals surface area (Å²) in [6, 6.07) is 11.0. The molecule has 0 saturated heterocycles. The van der Waals surface area contributed by atoms with E-state index in [0.717, 1.165) is 22.2 Å². The Hall–Kier alpha value is -4.07. The molecule has 150 valence electrons. The Morgan fingerprint density at radius 2 is 1.93 bits per heavy atom. The molecule has 0 aliphatic heterocycles. The average Bonchev–Trinajstić information content (AvgIpc) is 3.18. The number of aryl methyl sites for hydroxylation is 1. The zero-order valence-electron chi connectivity index (χ0n) is 16.6. The van der Waals surface area contributed by atoms with Gasteiger partial charge in [-0.1, -0.05) is 6.07 Å². The number of benzene rings is 1. The number of ketones is 1. The molecule has 8 nitrogen and oxygen atoms in total. The Labute approximate surface area is 172 Å². The van der Waals surface area contributed by atoms with Crippen molar-refractivity contribution in [2.45, 2.75) is 20.4 Å². The Bertz CT molecular complexity index is 1230. The molecule has 4 rings (SSSR count). The van der Waals surface area contributed by atoms with Crippen molar-refractivity contribution in [3.8, 4) is 0 Å². The second kappa shape index (κ2) is 8.12.